The summed E-state index contributed by atoms with van der Waals surface area (Å²) in [6.07, 6.45) is 32.2. The van der Waals surface area contributed by atoms with Gasteiger partial charge in [0, 0.05) is 55.8 Å². The second-order valence-corrected chi connectivity index (χ2v) is 35.4. The number of rotatable bonds is 36. The summed E-state index contributed by atoms with van der Waals surface area (Å²) < 4.78 is 101. The molecule has 0 bridgehead atoms. The van der Waals surface area contributed by atoms with Crippen LogP contribution in [0.2, 0.25) is 0 Å². The summed E-state index contributed by atoms with van der Waals surface area (Å²) in [4.78, 5) is 4.66. The SMILES string of the molecule is CCCCCCCCC1(CCCCCCCC)c2cc(N(c3ccccc3)c3ccccc3-c3cc(F)c4c(c3)C(C)(C)C(F)(F)C4(C)C)ccc2-c2cc3c(cc21)-c1ccc(N(c2ccccc2)c2ccccc2-c2cc(F)c4c(c2)C(C)(C)C(F)(F)C4(C)C)cc1C3(CCCCCCCC)CCCCCCCC. The number of halogens is 6. The van der Waals surface area contributed by atoms with Gasteiger partial charge >= 0.3 is 0 Å². The Balaban J connectivity index is 1.02. The van der Waals surface area contributed by atoms with E-state index in [-0.39, 0.29) is 22.0 Å². The Morgan fingerprint density at radius 1 is 0.255 bits per heavy atom. The molecule has 0 aromatic heterocycles. The van der Waals surface area contributed by atoms with Crippen LogP contribution in [-0.2, 0) is 32.5 Å². The highest BCUT2D eigenvalue weighted by Gasteiger charge is 2.67. The van der Waals surface area contributed by atoms with Crippen molar-refractivity contribution in [1.29, 1.82) is 0 Å². The first-order chi connectivity index (χ1) is 52.8. The van der Waals surface area contributed by atoms with Gasteiger partial charge in [0.2, 0.25) is 0 Å². The van der Waals surface area contributed by atoms with Gasteiger partial charge in [-0.3, -0.25) is 0 Å². The van der Waals surface area contributed by atoms with E-state index in [0.717, 1.165) is 122 Å². The number of nitrogens with zero attached hydrogens (tertiary/aromatic N) is 2. The summed E-state index contributed by atoms with van der Waals surface area (Å²) in [5.41, 5.74) is 12.5. The summed E-state index contributed by atoms with van der Waals surface area (Å²) in [5.74, 6) is -7.62. The third kappa shape index (κ3) is 14.1. The van der Waals surface area contributed by atoms with Crippen LogP contribution in [0.25, 0.3) is 44.5 Å². The zero-order chi connectivity index (χ0) is 78.0. The molecule has 0 saturated carbocycles. The molecule has 0 spiro atoms. The van der Waals surface area contributed by atoms with Crippen molar-refractivity contribution in [3.05, 3.63) is 238 Å². The second kappa shape index (κ2) is 32.7. The second-order valence-electron chi connectivity index (χ2n) is 35.4. The highest BCUT2D eigenvalue weighted by Crippen LogP contribution is 2.66. The van der Waals surface area contributed by atoms with E-state index in [1.54, 1.807) is 27.7 Å². The van der Waals surface area contributed by atoms with Crippen LogP contribution in [-0.4, -0.2) is 11.8 Å². The monoisotopic (exact) mass is 1490 g/mol. The number of unbranched alkanes of at least 4 members (excludes halogenated alkanes) is 20. The highest BCUT2D eigenvalue weighted by molar-refractivity contribution is 5.96. The van der Waals surface area contributed by atoms with Crippen molar-refractivity contribution in [3.8, 4) is 44.5 Å². The quantitative estimate of drug-likeness (QED) is 0.0285. The van der Waals surface area contributed by atoms with Crippen LogP contribution in [0.3, 0.4) is 0 Å². The average Bonchev–Trinajstić information content (AvgIpc) is 1.55. The fourth-order valence-electron chi connectivity index (χ4n) is 20.7. The molecule has 110 heavy (non-hydrogen) atoms. The topological polar surface area (TPSA) is 6.48 Å². The van der Waals surface area contributed by atoms with E-state index in [9.17, 15) is 0 Å². The van der Waals surface area contributed by atoms with E-state index in [1.165, 1.54) is 187 Å². The van der Waals surface area contributed by atoms with Crippen molar-refractivity contribution >= 4 is 34.1 Å². The first-order valence-corrected chi connectivity index (χ1v) is 42.6. The minimum atomic E-state index is -3.20. The van der Waals surface area contributed by atoms with E-state index < -0.39 is 45.1 Å². The molecule has 0 atom stereocenters. The van der Waals surface area contributed by atoms with Crippen LogP contribution < -0.4 is 9.80 Å². The van der Waals surface area contributed by atoms with E-state index in [2.05, 4.69) is 147 Å². The Morgan fingerprint density at radius 2 is 0.545 bits per heavy atom. The Morgan fingerprint density at radius 3 is 0.873 bits per heavy atom. The molecule has 0 N–H and O–H groups in total. The van der Waals surface area contributed by atoms with Crippen LogP contribution in [0, 0.1) is 11.6 Å². The Hall–Kier alpha value is -7.84. The van der Waals surface area contributed by atoms with Gasteiger partial charge < -0.3 is 9.80 Å². The van der Waals surface area contributed by atoms with Crippen molar-refractivity contribution in [2.45, 2.75) is 307 Å². The third-order valence-corrected chi connectivity index (χ3v) is 27.0. The molecular formula is C102H122F6N2. The largest absolute Gasteiger partial charge is 0.310 e. The zero-order valence-electron chi connectivity index (χ0n) is 68.3. The lowest BCUT2D eigenvalue weighted by Gasteiger charge is -2.36. The van der Waals surface area contributed by atoms with E-state index in [4.69, 9.17) is 0 Å². The summed E-state index contributed by atoms with van der Waals surface area (Å²) in [7, 11) is 0. The number of hydrogen-bond donors (Lipinski definition) is 0. The molecule has 0 aliphatic heterocycles. The maximum atomic E-state index is 17.2. The van der Waals surface area contributed by atoms with Gasteiger partial charge in [-0.1, -0.05) is 267 Å². The summed E-state index contributed by atoms with van der Waals surface area (Å²) in [5, 5.41) is 0. The van der Waals surface area contributed by atoms with E-state index in [1.807, 2.05) is 60.7 Å². The number of fused-ring (bicyclic) bond motifs is 8. The molecule has 0 heterocycles. The maximum absolute atomic E-state index is 17.2. The fraction of sp³-hybridized carbons (Fsp3) is 0.471. The number of benzene rings is 9. The molecule has 582 valence electrons. The molecule has 9 aromatic carbocycles. The molecule has 0 fully saturated rings. The lowest BCUT2D eigenvalue weighted by molar-refractivity contribution is -0.106. The van der Waals surface area contributed by atoms with E-state index >= 15 is 26.3 Å². The lowest BCUT2D eigenvalue weighted by atomic mass is 9.68. The van der Waals surface area contributed by atoms with Gasteiger partial charge in [-0.25, -0.2) is 26.3 Å². The predicted octanol–water partition coefficient (Wildman–Crippen LogP) is 32.2. The molecule has 2 nitrogen and oxygen atoms in total. The minimum absolute atomic E-state index is 0.0904. The van der Waals surface area contributed by atoms with Gasteiger partial charge in [0.15, 0.2) is 0 Å². The lowest BCUT2D eigenvalue weighted by Crippen LogP contribution is -2.46. The highest BCUT2D eigenvalue weighted by atomic mass is 19.3. The van der Waals surface area contributed by atoms with Crippen molar-refractivity contribution in [1.82, 2.24) is 0 Å². The molecule has 0 unspecified atom stereocenters. The molecule has 9 aromatic rings. The first kappa shape index (κ1) is 80.2. The van der Waals surface area contributed by atoms with Gasteiger partial charge in [-0.2, -0.15) is 0 Å². The summed E-state index contributed by atoms with van der Waals surface area (Å²) >= 11 is 0. The number of hydrogen-bond acceptors (Lipinski definition) is 2. The van der Waals surface area contributed by atoms with Gasteiger partial charge in [-0.15, -0.1) is 0 Å². The van der Waals surface area contributed by atoms with Crippen LogP contribution in [0.5, 0.6) is 0 Å². The molecule has 8 heteroatoms. The standard InChI is InChI=1S/C102H122F6N2/c1-13-17-21-25-29-43-59-99(60-44-30-26-22-18-14-2)83-67-75(109(73-47-35-33-36-48-73)91-53-41-39-51-77(91)71-63-87-93(89(103)65-71)97(9,10)101(105,106)95(87,5)6)55-57-79(83)81-70-86-82(69-85(81)99)80-58-56-76(68-84(80)100(86,61-45-31-27-23-19-15-3)62-46-32-28-24-20-16-4)110(74-49-37-34-38-50-74)92-54-42-40-52-78(92)72-64-88-94(90(104)66-72)98(11,12)102(107,108)96(88,7)8/h33-42,47-58,63-70H,13-32,43-46,59-62H2,1-12H3. The van der Waals surface area contributed by atoms with Crippen molar-refractivity contribution in [3.63, 3.8) is 0 Å². The van der Waals surface area contributed by atoms with Crippen molar-refractivity contribution < 1.29 is 26.3 Å². The fourth-order valence-corrected chi connectivity index (χ4v) is 20.7. The van der Waals surface area contributed by atoms with Gasteiger partial charge in [-0.05, 0) is 245 Å². The maximum Gasteiger partial charge on any atom is 0.266 e. The molecule has 4 aliphatic carbocycles. The smallest absolute Gasteiger partial charge is 0.266 e. The normalized spacial score (nSPS) is 17.0. The Labute approximate surface area is 656 Å². The third-order valence-electron chi connectivity index (χ3n) is 27.0. The molecule has 0 saturated heterocycles. The molecular weight excluding hydrogens is 1370 g/mol. The first-order valence-electron chi connectivity index (χ1n) is 42.6. The van der Waals surface area contributed by atoms with Crippen LogP contribution in [0.1, 0.15) is 307 Å². The van der Waals surface area contributed by atoms with Gasteiger partial charge in [0.05, 0.1) is 33.0 Å². The van der Waals surface area contributed by atoms with Gasteiger partial charge in [0.1, 0.15) is 11.6 Å². The number of anilines is 6. The minimum Gasteiger partial charge on any atom is -0.310 e. The zero-order valence-corrected chi connectivity index (χ0v) is 68.3. The molecule has 13 rings (SSSR count). The van der Waals surface area contributed by atoms with Crippen LogP contribution in [0.15, 0.2) is 182 Å². The van der Waals surface area contributed by atoms with Crippen molar-refractivity contribution in [2.75, 3.05) is 9.80 Å². The predicted molar refractivity (Wildman–Crippen MR) is 453 cm³/mol. The Bertz CT molecular complexity index is 4360. The van der Waals surface area contributed by atoms with Crippen LogP contribution >= 0.6 is 0 Å². The van der Waals surface area contributed by atoms with Crippen molar-refractivity contribution in [2.24, 2.45) is 0 Å². The van der Waals surface area contributed by atoms with E-state index in [0.29, 0.717) is 22.3 Å². The summed E-state index contributed by atoms with van der Waals surface area (Å²) in [6.45, 7) is 21.4. The van der Waals surface area contributed by atoms with Gasteiger partial charge in [0.25, 0.3) is 11.8 Å². The summed E-state index contributed by atoms with van der Waals surface area (Å²) in [6, 6.07) is 63.9. The Kier molecular flexibility index (Phi) is 23.8. The number of alkyl halides is 4. The average molecular weight is 1490 g/mol. The number of para-hydroxylation sites is 4. The molecule has 0 radical (unpaired) electrons. The molecule has 4 aliphatic rings. The molecule has 0 amide bonds. The van der Waals surface area contributed by atoms with Crippen LogP contribution in [0.4, 0.5) is 60.5 Å².